The molecule has 1 N–H and O–H groups in total. The van der Waals surface area contributed by atoms with Gasteiger partial charge in [0.15, 0.2) is 5.82 Å². The normalized spacial score (nSPS) is 10.1. The van der Waals surface area contributed by atoms with Gasteiger partial charge in [-0.05, 0) is 12.1 Å². The number of aromatic amines is 1. The summed E-state index contributed by atoms with van der Waals surface area (Å²) in [4.78, 5) is 11.9. The Kier molecular flexibility index (Phi) is 2.86. The summed E-state index contributed by atoms with van der Waals surface area (Å²) in [6, 6.07) is 7.97. The fourth-order valence-electron chi connectivity index (χ4n) is 1.40. The average Bonchev–Trinajstić information content (AvgIpc) is 2.86. The standard InChI is InChI=1S/C10H7N3S.Cu/c1-2-4-8-7(3-1)12-10(13-8)9-5-14-6-11-9;/h1-6H,(H,12,13);. The van der Waals surface area contributed by atoms with Gasteiger partial charge in [0.2, 0.25) is 0 Å². The Bertz CT molecular complexity index is 526. The van der Waals surface area contributed by atoms with Crippen molar-refractivity contribution in [3.05, 3.63) is 35.2 Å². The van der Waals surface area contributed by atoms with Gasteiger partial charge in [-0.15, -0.1) is 11.3 Å². The molecule has 3 nitrogen and oxygen atoms in total. The first kappa shape index (κ1) is 10.4. The fraction of sp³-hybridized carbons (Fsp3) is 0. The van der Waals surface area contributed by atoms with Crippen LogP contribution in [0.3, 0.4) is 0 Å². The topological polar surface area (TPSA) is 41.6 Å². The van der Waals surface area contributed by atoms with Crippen molar-refractivity contribution < 1.29 is 17.1 Å². The van der Waals surface area contributed by atoms with E-state index in [2.05, 4.69) is 15.0 Å². The molecule has 0 aliphatic rings. The zero-order valence-corrected chi connectivity index (χ0v) is 9.33. The third kappa shape index (κ3) is 1.81. The molecule has 0 aliphatic heterocycles. The molecular formula is C10H7CuN3S. The largest absolute Gasteiger partial charge is 0.337 e. The molecule has 0 saturated carbocycles. The number of benzene rings is 1. The summed E-state index contributed by atoms with van der Waals surface area (Å²) in [5.74, 6) is 0.840. The molecule has 3 aromatic rings. The molecule has 15 heavy (non-hydrogen) atoms. The Hall–Kier alpha value is -1.16. The first-order valence-electron chi connectivity index (χ1n) is 4.27. The van der Waals surface area contributed by atoms with E-state index in [0.717, 1.165) is 22.6 Å². The van der Waals surface area contributed by atoms with Crippen LogP contribution < -0.4 is 0 Å². The maximum absolute atomic E-state index is 4.44. The van der Waals surface area contributed by atoms with E-state index < -0.39 is 0 Å². The van der Waals surface area contributed by atoms with Crippen molar-refractivity contribution >= 4 is 22.4 Å². The van der Waals surface area contributed by atoms with Crippen molar-refractivity contribution in [2.45, 2.75) is 0 Å². The average molecular weight is 265 g/mol. The third-order valence-corrected chi connectivity index (χ3v) is 2.65. The van der Waals surface area contributed by atoms with E-state index in [1.54, 1.807) is 11.3 Å². The molecule has 1 aromatic carbocycles. The molecular weight excluding hydrogens is 258 g/mol. The van der Waals surface area contributed by atoms with E-state index in [0.29, 0.717) is 0 Å². The van der Waals surface area contributed by atoms with Crippen molar-refractivity contribution in [1.29, 1.82) is 0 Å². The van der Waals surface area contributed by atoms with Crippen molar-refractivity contribution in [3.8, 4) is 11.5 Å². The molecule has 5 heteroatoms. The van der Waals surface area contributed by atoms with Crippen LogP contribution in [0.5, 0.6) is 0 Å². The maximum atomic E-state index is 4.44. The summed E-state index contributed by atoms with van der Waals surface area (Å²) in [5, 5.41) is 1.98. The first-order valence-corrected chi connectivity index (χ1v) is 5.21. The predicted octanol–water partition coefficient (Wildman–Crippen LogP) is 2.68. The number of nitrogens with zero attached hydrogens (tertiary/aromatic N) is 2. The molecule has 0 aliphatic carbocycles. The number of thiazole rings is 1. The summed E-state index contributed by atoms with van der Waals surface area (Å²) in [6.07, 6.45) is 0. The minimum absolute atomic E-state index is 0. The molecule has 1 radical (unpaired) electrons. The number of nitrogens with one attached hydrogen (secondary N) is 1. The molecule has 0 bridgehead atoms. The van der Waals surface area contributed by atoms with Gasteiger partial charge in [0, 0.05) is 22.4 Å². The van der Waals surface area contributed by atoms with E-state index in [1.165, 1.54) is 0 Å². The first-order chi connectivity index (χ1) is 6.93. The number of rotatable bonds is 1. The van der Waals surface area contributed by atoms with Crippen LogP contribution in [0.2, 0.25) is 0 Å². The number of para-hydroxylation sites is 2. The molecule has 0 amide bonds. The Morgan fingerprint density at radius 1 is 1.20 bits per heavy atom. The number of H-pyrrole nitrogens is 1. The summed E-state index contributed by atoms with van der Waals surface area (Å²) in [6.45, 7) is 0. The van der Waals surface area contributed by atoms with E-state index in [9.17, 15) is 0 Å². The number of imidazole rings is 1. The van der Waals surface area contributed by atoms with E-state index in [-0.39, 0.29) is 17.1 Å². The number of hydrogen-bond donors (Lipinski definition) is 1. The van der Waals surface area contributed by atoms with Gasteiger partial charge in [0.25, 0.3) is 0 Å². The van der Waals surface area contributed by atoms with Crippen LogP contribution >= 0.6 is 11.3 Å². The van der Waals surface area contributed by atoms with Crippen molar-refractivity contribution in [2.24, 2.45) is 0 Å². The van der Waals surface area contributed by atoms with E-state index in [4.69, 9.17) is 0 Å². The van der Waals surface area contributed by atoms with Gasteiger partial charge < -0.3 is 4.98 Å². The van der Waals surface area contributed by atoms with Crippen LogP contribution in [-0.4, -0.2) is 15.0 Å². The molecule has 0 unspecified atom stereocenters. The van der Waals surface area contributed by atoms with E-state index >= 15 is 0 Å². The Morgan fingerprint density at radius 2 is 2.07 bits per heavy atom. The van der Waals surface area contributed by atoms with Crippen molar-refractivity contribution in [2.75, 3.05) is 0 Å². The number of hydrogen-bond acceptors (Lipinski definition) is 3. The molecule has 0 fully saturated rings. The second kappa shape index (κ2) is 4.14. The predicted molar refractivity (Wildman–Crippen MR) is 57.2 cm³/mol. The molecule has 0 saturated heterocycles. The minimum Gasteiger partial charge on any atom is -0.337 e. The van der Waals surface area contributed by atoms with Gasteiger partial charge in [-0.25, -0.2) is 9.97 Å². The molecule has 0 spiro atoms. The Labute approximate surface area is 101 Å². The monoisotopic (exact) mass is 264 g/mol. The summed E-state index contributed by atoms with van der Waals surface area (Å²) in [7, 11) is 0. The number of aromatic nitrogens is 3. The minimum atomic E-state index is 0. The van der Waals surface area contributed by atoms with Gasteiger partial charge in [-0.3, -0.25) is 0 Å². The van der Waals surface area contributed by atoms with Gasteiger partial charge >= 0.3 is 0 Å². The summed E-state index contributed by atoms with van der Waals surface area (Å²) in [5.41, 5.74) is 4.75. The maximum Gasteiger partial charge on any atom is 0.158 e. The second-order valence-electron chi connectivity index (χ2n) is 2.98. The molecule has 0 atom stereocenters. The molecule has 79 valence electrons. The van der Waals surface area contributed by atoms with Crippen LogP contribution in [0.1, 0.15) is 0 Å². The Morgan fingerprint density at radius 3 is 2.80 bits per heavy atom. The number of fused-ring (bicyclic) bond motifs is 1. The zero-order chi connectivity index (χ0) is 9.38. The van der Waals surface area contributed by atoms with Crippen LogP contribution in [0.25, 0.3) is 22.6 Å². The fourth-order valence-corrected chi connectivity index (χ4v) is 1.94. The molecule has 3 rings (SSSR count). The van der Waals surface area contributed by atoms with Gasteiger partial charge in [-0.1, -0.05) is 12.1 Å². The Balaban J connectivity index is 0.000000853. The molecule has 2 heterocycles. The molecule has 2 aromatic heterocycles. The van der Waals surface area contributed by atoms with Crippen LogP contribution in [-0.2, 0) is 17.1 Å². The quantitative estimate of drug-likeness (QED) is 0.687. The summed E-state index contributed by atoms with van der Waals surface area (Å²) < 4.78 is 0. The van der Waals surface area contributed by atoms with Gasteiger partial charge in [0.1, 0.15) is 5.69 Å². The van der Waals surface area contributed by atoms with Crippen molar-refractivity contribution in [3.63, 3.8) is 0 Å². The second-order valence-corrected chi connectivity index (χ2v) is 3.69. The van der Waals surface area contributed by atoms with Gasteiger partial charge in [-0.2, -0.15) is 0 Å². The van der Waals surface area contributed by atoms with E-state index in [1.807, 2.05) is 35.2 Å². The SMILES string of the molecule is [Cu].c1ccc2[nH]c(-c3cscn3)nc2c1. The van der Waals surface area contributed by atoms with Crippen LogP contribution in [0.4, 0.5) is 0 Å². The van der Waals surface area contributed by atoms with Crippen LogP contribution in [0.15, 0.2) is 35.2 Å². The van der Waals surface area contributed by atoms with Gasteiger partial charge in [0.05, 0.1) is 16.5 Å². The summed E-state index contributed by atoms with van der Waals surface area (Å²) >= 11 is 1.57. The van der Waals surface area contributed by atoms with Crippen LogP contribution in [0, 0.1) is 0 Å². The van der Waals surface area contributed by atoms with Crippen molar-refractivity contribution in [1.82, 2.24) is 15.0 Å². The zero-order valence-electron chi connectivity index (χ0n) is 7.57. The third-order valence-electron chi connectivity index (χ3n) is 2.06. The smallest absolute Gasteiger partial charge is 0.158 e.